The van der Waals surface area contributed by atoms with Gasteiger partial charge in [-0.05, 0) is 42.8 Å². The van der Waals surface area contributed by atoms with Crippen molar-refractivity contribution in [3.05, 3.63) is 81.1 Å². The van der Waals surface area contributed by atoms with Gasteiger partial charge < -0.3 is 10.1 Å². The molecule has 1 heterocycles. The molecule has 0 aliphatic rings. The number of aryl methyl sites for hydroxylation is 1. The fourth-order valence-corrected chi connectivity index (χ4v) is 3.58. The maximum atomic E-state index is 13.0. The minimum atomic E-state index is -0.240. The maximum absolute atomic E-state index is 13.0. The minimum Gasteiger partial charge on any atom is -0.497 e. The molecule has 1 aromatic heterocycles. The summed E-state index contributed by atoms with van der Waals surface area (Å²) in [4.78, 5) is 17.9. The molecule has 0 fully saturated rings. The number of nitrogens with one attached hydrogen (secondary N) is 1. The molecule has 0 aliphatic heterocycles. The highest BCUT2D eigenvalue weighted by Gasteiger charge is 2.11. The number of amides is 1. The Kier molecular flexibility index (Phi) is 5.63. The van der Waals surface area contributed by atoms with Crippen LogP contribution in [0.5, 0.6) is 5.75 Å². The Hall–Kier alpha value is -2.73. The van der Waals surface area contributed by atoms with Gasteiger partial charge >= 0.3 is 0 Å². The number of rotatable bonds is 6. The van der Waals surface area contributed by atoms with Crippen LogP contribution in [0.4, 0.5) is 4.39 Å². The third kappa shape index (κ3) is 4.46. The average molecular weight is 370 g/mol. The Morgan fingerprint density at radius 3 is 2.73 bits per heavy atom. The predicted octanol–water partition coefficient (Wildman–Crippen LogP) is 4.12. The van der Waals surface area contributed by atoms with Crippen molar-refractivity contribution in [2.45, 2.75) is 19.9 Å². The van der Waals surface area contributed by atoms with Crippen molar-refractivity contribution in [3.63, 3.8) is 0 Å². The Bertz CT molecular complexity index is 906. The van der Waals surface area contributed by atoms with Crippen LogP contribution >= 0.6 is 11.3 Å². The smallest absolute Gasteiger partial charge is 0.251 e. The zero-order chi connectivity index (χ0) is 18.5. The van der Waals surface area contributed by atoms with Crippen molar-refractivity contribution in [1.82, 2.24) is 10.3 Å². The van der Waals surface area contributed by atoms with Crippen LogP contribution in [-0.4, -0.2) is 18.0 Å². The average Bonchev–Trinajstić information content (AvgIpc) is 3.01. The lowest BCUT2D eigenvalue weighted by molar-refractivity contribution is 0.0950. The Balaban J connectivity index is 1.63. The molecule has 0 atom stereocenters. The van der Waals surface area contributed by atoms with Crippen LogP contribution in [0, 0.1) is 12.7 Å². The summed E-state index contributed by atoms with van der Waals surface area (Å²) in [6, 6.07) is 13.5. The van der Waals surface area contributed by atoms with Gasteiger partial charge in [0.05, 0.1) is 19.3 Å². The zero-order valence-corrected chi connectivity index (χ0v) is 15.4. The Morgan fingerprint density at radius 2 is 2.00 bits per heavy atom. The van der Waals surface area contributed by atoms with Gasteiger partial charge in [0, 0.05) is 16.9 Å². The Morgan fingerprint density at radius 1 is 1.23 bits per heavy atom. The molecule has 1 N–H and O–H groups in total. The molecular weight excluding hydrogens is 351 g/mol. The van der Waals surface area contributed by atoms with Crippen molar-refractivity contribution in [3.8, 4) is 5.75 Å². The second-order valence-electron chi connectivity index (χ2n) is 5.83. The lowest BCUT2D eigenvalue weighted by atomic mass is 10.1. The molecule has 1 amide bonds. The number of methoxy groups -OCH3 is 1. The number of carbonyl (C=O) groups is 1. The summed E-state index contributed by atoms with van der Waals surface area (Å²) < 4.78 is 18.2. The van der Waals surface area contributed by atoms with E-state index in [4.69, 9.17) is 4.74 Å². The fourth-order valence-electron chi connectivity index (χ4n) is 2.54. The van der Waals surface area contributed by atoms with Gasteiger partial charge in [-0.1, -0.05) is 18.2 Å². The van der Waals surface area contributed by atoms with Gasteiger partial charge in [-0.15, -0.1) is 11.3 Å². The van der Waals surface area contributed by atoms with Gasteiger partial charge in [-0.3, -0.25) is 4.79 Å². The second kappa shape index (κ2) is 8.10. The summed E-state index contributed by atoms with van der Waals surface area (Å²) in [7, 11) is 1.57. The van der Waals surface area contributed by atoms with Crippen molar-refractivity contribution >= 4 is 17.2 Å². The van der Waals surface area contributed by atoms with E-state index in [2.05, 4.69) is 10.3 Å². The van der Waals surface area contributed by atoms with Gasteiger partial charge in [0.15, 0.2) is 0 Å². The first kappa shape index (κ1) is 18.1. The number of hydrogen-bond donors (Lipinski definition) is 1. The van der Waals surface area contributed by atoms with Crippen LogP contribution in [0.1, 0.15) is 31.5 Å². The van der Waals surface area contributed by atoms with E-state index in [0.717, 1.165) is 21.1 Å². The lowest BCUT2D eigenvalue weighted by Gasteiger charge is -2.05. The molecule has 0 bridgehead atoms. The van der Waals surface area contributed by atoms with E-state index in [-0.39, 0.29) is 11.7 Å². The van der Waals surface area contributed by atoms with E-state index in [1.54, 1.807) is 54.8 Å². The van der Waals surface area contributed by atoms with E-state index in [1.165, 1.54) is 12.1 Å². The third-order valence-corrected chi connectivity index (χ3v) is 5.10. The number of carbonyl (C=O) groups excluding carboxylic acids is 1. The van der Waals surface area contributed by atoms with Gasteiger partial charge in [-0.2, -0.15) is 0 Å². The monoisotopic (exact) mass is 370 g/mol. The number of hydrogen-bond acceptors (Lipinski definition) is 4. The van der Waals surface area contributed by atoms with Crippen molar-refractivity contribution < 1.29 is 13.9 Å². The van der Waals surface area contributed by atoms with Crippen LogP contribution in [0.3, 0.4) is 0 Å². The molecule has 0 unspecified atom stereocenters. The second-order valence-corrected chi connectivity index (χ2v) is 7.00. The first-order valence-corrected chi connectivity index (χ1v) is 8.98. The molecule has 6 heteroatoms. The molecule has 4 nitrogen and oxygen atoms in total. The van der Waals surface area contributed by atoms with Crippen LogP contribution < -0.4 is 10.1 Å². The lowest BCUT2D eigenvalue weighted by Crippen LogP contribution is -2.22. The largest absolute Gasteiger partial charge is 0.497 e. The van der Waals surface area contributed by atoms with Crippen LogP contribution in [0.2, 0.25) is 0 Å². The summed E-state index contributed by atoms with van der Waals surface area (Å²) in [6.45, 7) is 2.31. The van der Waals surface area contributed by atoms with Crippen molar-refractivity contribution in [2.75, 3.05) is 7.11 Å². The maximum Gasteiger partial charge on any atom is 0.251 e. The SMILES string of the molecule is COc1cccc(C(=O)NCc2nc(C)c(Cc3ccc(F)cc3)s2)c1. The number of nitrogens with zero attached hydrogens (tertiary/aromatic N) is 1. The van der Waals surface area contributed by atoms with Crippen LogP contribution in [0.15, 0.2) is 48.5 Å². The van der Waals surface area contributed by atoms with Crippen LogP contribution in [0.25, 0.3) is 0 Å². The molecule has 0 spiro atoms. The molecule has 0 aliphatic carbocycles. The standard InChI is InChI=1S/C20H19FN2O2S/c1-13-18(10-14-6-8-16(21)9-7-14)26-19(23-13)12-22-20(24)15-4-3-5-17(11-15)25-2/h3-9,11H,10,12H2,1-2H3,(H,22,24). The highest BCUT2D eigenvalue weighted by molar-refractivity contribution is 7.11. The van der Waals surface area contributed by atoms with E-state index in [1.807, 2.05) is 6.92 Å². The quantitative estimate of drug-likeness (QED) is 0.710. The topological polar surface area (TPSA) is 51.2 Å². The molecule has 3 rings (SSSR count). The number of thiazole rings is 1. The summed E-state index contributed by atoms with van der Waals surface area (Å²) in [5.41, 5.74) is 2.51. The first-order valence-electron chi connectivity index (χ1n) is 8.17. The number of aromatic nitrogens is 1. The molecule has 26 heavy (non-hydrogen) atoms. The van der Waals surface area contributed by atoms with E-state index >= 15 is 0 Å². The normalized spacial score (nSPS) is 10.6. The summed E-state index contributed by atoms with van der Waals surface area (Å²) in [5.74, 6) is 0.233. The number of ether oxygens (including phenoxy) is 1. The minimum absolute atomic E-state index is 0.170. The van der Waals surface area contributed by atoms with Gasteiger partial charge in [0.2, 0.25) is 0 Å². The molecule has 3 aromatic rings. The fraction of sp³-hybridized carbons (Fsp3) is 0.200. The number of halogens is 1. The van der Waals surface area contributed by atoms with Crippen LogP contribution in [-0.2, 0) is 13.0 Å². The van der Waals surface area contributed by atoms with Gasteiger partial charge in [0.25, 0.3) is 5.91 Å². The highest BCUT2D eigenvalue weighted by atomic mass is 32.1. The molecule has 2 aromatic carbocycles. The summed E-state index contributed by atoms with van der Waals surface area (Å²) in [5, 5.41) is 3.73. The molecule has 0 saturated heterocycles. The summed E-state index contributed by atoms with van der Waals surface area (Å²) >= 11 is 1.56. The molecule has 0 radical (unpaired) electrons. The van der Waals surface area contributed by atoms with E-state index in [9.17, 15) is 9.18 Å². The molecular formula is C20H19FN2O2S. The Labute approximate surface area is 155 Å². The van der Waals surface area contributed by atoms with Crippen molar-refractivity contribution in [1.29, 1.82) is 0 Å². The van der Waals surface area contributed by atoms with Crippen molar-refractivity contribution in [2.24, 2.45) is 0 Å². The van der Waals surface area contributed by atoms with E-state index < -0.39 is 0 Å². The van der Waals surface area contributed by atoms with E-state index in [0.29, 0.717) is 24.3 Å². The zero-order valence-electron chi connectivity index (χ0n) is 14.6. The molecule has 134 valence electrons. The van der Waals surface area contributed by atoms with Gasteiger partial charge in [-0.25, -0.2) is 9.37 Å². The highest BCUT2D eigenvalue weighted by Crippen LogP contribution is 2.22. The predicted molar refractivity (Wildman–Crippen MR) is 100 cm³/mol. The third-order valence-electron chi connectivity index (χ3n) is 3.95. The summed E-state index contributed by atoms with van der Waals surface area (Å²) in [6.07, 6.45) is 0.702. The molecule has 0 saturated carbocycles. The first-order chi connectivity index (χ1) is 12.5. The van der Waals surface area contributed by atoms with Gasteiger partial charge in [0.1, 0.15) is 16.6 Å². The number of benzene rings is 2.